The number of hydrogen-bond acceptors (Lipinski definition) is 7. The fraction of sp³-hybridized carbons (Fsp3) is 0.208. The number of nitrogens with zero attached hydrogens (tertiary/aromatic N) is 5. The number of anilines is 1. The molecule has 0 atom stereocenters. The molecule has 0 aliphatic rings. The second-order valence-corrected chi connectivity index (χ2v) is 7.49. The lowest BCUT2D eigenvalue weighted by Crippen LogP contribution is -2.26. The molecule has 4 aromatic rings. The Bertz CT molecular complexity index is 1230. The van der Waals surface area contributed by atoms with Crippen molar-refractivity contribution in [2.75, 3.05) is 12.4 Å². The predicted molar refractivity (Wildman–Crippen MR) is 125 cm³/mol. The molecule has 9 heteroatoms. The highest BCUT2D eigenvalue weighted by atomic mass is 16.6. The van der Waals surface area contributed by atoms with E-state index in [-0.39, 0.29) is 0 Å². The Balaban J connectivity index is 1.58. The predicted octanol–water partition coefficient (Wildman–Crippen LogP) is 3.93. The number of amides is 1. The molecule has 0 bridgehead atoms. The first-order valence-corrected chi connectivity index (χ1v) is 10.6. The number of ether oxygens (including phenoxy) is 1. The number of hydrogen-bond donors (Lipinski definition) is 2. The van der Waals surface area contributed by atoms with Gasteiger partial charge in [0.05, 0.1) is 5.69 Å². The minimum atomic E-state index is -0.563. The summed E-state index contributed by atoms with van der Waals surface area (Å²) in [5.41, 5.74) is 4.62. The topological polar surface area (TPSA) is 107 Å². The van der Waals surface area contributed by atoms with Gasteiger partial charge < -0.3 is 15.4 Å². The van der Waals surface area contributed by atoms with Gasteiger partial charge in [0.1, 0.15) is 11.6 Å². The number of pyridine rings is 1. The maximum atomic E-state index is 12.5. The van der Waals surface area contributed by atoms with Crippen LogP contribution in [0.1, 0.15) is 23.9 Å². The number of benzene rings is 2. The molecular formula is C24H25N7O2. The van der Waals surface area contributed by atoms with E-state index in [1.165, 1.54) is 0 Å². The maximum absolute atomic E-state index is 12.5. The molecule has 168 valence electrons. The van der Waals surface area contributed by atoms with Gasteiger partial charge in [0.25, 0.3) is 0 Å². The fourth-order valence-corrected chi connectivity index (χ4v) is 3.30. The highest BCUT2D eigenvalue weighted by Gasteiger charge is 2.13. The van der Waals surface area contributed by atoms with E-state index in [4.69, 9.17) is 4.74 Å². The third-order valence-electron chi connectivity index (χ3n) is 5.10. The molecule has 0 aliphatic carbocycles. The van der Waals surface area contributed by atoms with Gasteiger partial charge in [-0.3, -0.25) is 0 Å². The van der Waals surface area contributed by atoms with Gasteiger partial charge in [-0.05, 0) is 52.2 Å². The normalized spacial score (nSPS) is 10.6. The molecule has 33 heavy (non-hydrogen) atoms. The number of nitrogens with one attached hydrogen (secondary N) is 2. The Morgan fingerprint density at radius 1 is 1.06 bits per heavy atom. The van der Waals surface area contributed by atoms with Gasteiger partial charge in [-0.1, -0.05) is 42.8 Å². The summed E-state index contributed by atoms with van der Waals surface area (Å²) in [5.74, 6) is 1.86. The van der Waals surface area contributed by atoms with Gasteiger partial charge in [0.15, 0.2) is 5.82 Å². The fourth-order valence-electron chi connectivity index (χ4n) is 3.30. The van der Waals surface area contributed by atoms with Gasteiger partial charge in [-0.25, -0.2) is 9.78 Å². The smallest absolute Gasteiger partial charge is 0.410 e. The van der Waals surface area contributed by atoms with Crippen LogP contribution in [0.15, 0.2) is 60.8 Å². The Morgan fingerprint density at radius 2 is 1.88 bits per heavy atom. The zero-order chi connectivity index (χ0) is 23.2. The van der Waals surface area contributed by atoms with Crippen LogP contribution >= 0.6 is 0 Å². The molecule has 9 nitrogen and oxygen atoms in total. The third-order valence-corrected chi connectivity index (χ3v) is 5.10. The molecule has 1 amide bonds. The first-order valence-electron chi connectivity index (χ1n) is 10.6. The van der Waals surface area contributed by atoms with Crippen molar-refractivity contribution in [1.82, 2.24) is 30.5 Å². The van der Waals surface area contributed by atoms with Crippen LogP contribution in [0.25, 0.3) is 16.8 Å². The Labute approximate surface area is 191 Å². The van der Waals surface area contributed by atoms with Gasteiger partial charge in [-0.15, -0.1) is 5.10 Å². The van der Waals surface area contributed by atoms with Crippen molar-refractivity contribution in [3.63, 3.8) is 0 Å². The second-order valence-electron chi connectivity index (χ2n) is 7.49. The first kappa shape index (κ1) is 21.9. The monoisotopic (exact) mass is 443 g/mol. The third kappa shape index (κ3) is 5.32. The van der Waals surface area contributed by atoms with Crippen LogP contribution in [-0.2, 0) is 13.0 Å². The van der Waals surface area contributed by atoms with Crippen LogP contribution in [0.3, 0.4) is 0 Å². The van der Waals surface area contributed by atoms with Gasteiger partial charge in [0, 0.05) is 32.3 Å². The standard InChI is InChI=1S/C24H25N7O2/c1-4-23-28-29-30-31(23)20-11-19(18-8-5-16(2)6-9-18)12-21(13-20)33-24(32)27-15-17-7-10-22(25-3)26-14-17/h5-14H,4,15H2,1-3H3,(H,25,26)(H,27,32). The molecule has 4 rings (SSSR count). The van der Waals surface area contributed by atoms with Crippen molar-refractivity contribution >= 4 is 11.9 Å². The van der Waals surface area contributed by atoms with E-state index in [2.05, 4.69) is 31.1 Å². The summed E-state index contributed by atoms with van der Waals surface area (Å²) in [5, 5.41) is 17.7. The minimum Gasteiger partial charge on any atom is -0.410 e. The average molecular weight is 444 g/mol. The molecule has 0 spiro atoms. The van der Waals surface area contributed by atoms with Crippen molar-refractivity contribution in [2.24, 2.45) is 0 Å². The quantitative estimate of drug-likeness (QED) is 0.446. The first-order chi connectivity index (χ1) is 16.1. The van der Waals surface area contributed by atoms with Crippen LogP contribution in [0.5, 0.6) is 5.75 Å². The molecule has 0 radical (unpaired) electrons. The van der Waals surface area contributed by atoms with E-state index in [0.717, 1.165) is 28.1 Å². The maximum Gasteiger partial charge on any atom is 0.412 e. The molecular weight excluding hydrogens is 418 g/mol. The summed E-state index contributed by atoms with van der Waals surface area (Å²) in [6.07, 6.45) is 1.80. The summed E-state index contributed by atoms with van der Waals surface area (Å²) in [4.78, 5) is 16.8. The van der Waals surface area contributed by atoms with Crippen LogP contribution in [0.4, 0.5) is 10.6 Å². The zero-order valence-corrected chi connectivity index (χ0v) is 18.7. The molecule has 2 N–H and O–H groups in total. The number of tetrazole rings is 1. The summed E-state index contributed by atoms with van der Waals surface area (Å²) < 4.78 is 7.26. The molecule has 2 aromatic heterocycles. The summed E-state index contributed by atoms with van der Waals surface area (Å²) in [7, 11) is 1.80. The second kappa shape index (κ2) is 9.90. The molecule has 0 saturated heterocycles. The number of aromatic nitrogens is 5. The summed E-state index contributed by atoms with van der Waals surface area (Å²) in [6, 6.07) is 17.4. The highest BCUT2D eigenvalue weighted by Crippen LogP contribution is 2.28. The van der Waals surface area contributed by atoms with Crippen molar-refractivity contribution in [3.05, 3.63) is 77.7 Å². The number of carbonyl (C=O) groups excluding carboxylic acids is 1. The van der Waals surface area contributed by atoms with E-state index in [1.54, 1.807) is 24.0 Å². The Hall–Kier alpha value is -4.27. The molecule has 0 saturated carbocycles. The number of rotatable bonds is 7. The lowest BCUT2D eigenvalue weighted by Gasteiger charge is -2.12. The zero-order valence-electron chi connectivity index (χ0n) is 18.7. The number of carbonyl (C=O) groups is 1. The van der Waals surface area contributed by atoms with Crippen LogP contribution < -0.4 is 15.4 Å². The van der Waals surface area contributed by atoms with Gasteiger partial charge >= 0.3 is 6.09 Å². The van der Waals surface area contributed by atoms with E-state index in [0.29, 0.717) is 30.2 Å². The highest BCUT2D eigenvalue weighted by molar-refractivity contribution is 5.73. The van der Waals surface area contributed by atoms with Gasteiger partial charge in [-0.2, -0.15) is 4.68 Å². The molecule has 2 aromatic carbocycles. The molecule has 0 aliphatic heterocycles. The van der Waals surface area contributed by atoms with E-state index >= 15 is 0 Å². The Morgan fingerprint density at radius 3 is 2.58 bits per heavy atom. The summed E-state index contributed by atoms with van der Waals surface area (Å²) in [6.45, 7) is 4.32. The van der Waals surface area contributed by atoms with E-state index in [1.807, 2.05) is 62.4 Å². The number of aryl methyl sites for hydroxylation is 2. The lowest BCUT2D eigenvalue weighted by molar-refractivity contribution is 0.200. The van der Waals surface area contributed by atoms with Crippen molar-refractivity contribution in [2.45, 2.75) is 26.8 Å². The SMILES string of the molecule is CCc1nnnn1-c1cc(OC(=O)NCc2ccc(NC)nc2)cc(-c2ccc(C)cc2)c1. The molecule has 0 unspecified atom stereocenters. The van der Waals surface area contributed by atoms with E-state index in [9.17, 15) is 4.79 Å². The minimum absolute atomic E-state index is 0.299. The summed E-state index contributed by atoms with van der Waals surface area (Å²) >= 11 is 0. The molecule has 0 fully saturated rings. The van der Waals surface area contributed by atoms with Crippen LogP contribution in [0.2, 0.25) is 0 Å². The van der Waals surface area contributed by atoms with Crippen molar-refractivity contribution in [1.29, 1.82) is 0 Å². The van der Waals surface area contributed by atoms with Gasteiger partial charge in [0.2, 0.25) is 0 Å². The largest absolute Gasteiger partial charge is 0.412 e. The Kier molecular flexibility index (Phi) is 6.58. The average Bonchev–Trinajstić information content (AvgIpc) is 3.32. The van der Waals surface area contributed by atoms with Crippen molar-refractivity contribution < 1.29 is 9.53 Å². The van der Waals surface area contributed by atoms with E-state index < -0.39 is 6.09 Å². The molecule has 2 heterocycles. The van der Waals surface area contributed by atoms with Crippen LogP contribution in [0, 0.1) is 6.92 Å². The lowest BCUT2D eigenvalue weighted by atomic mass is 10.0. The van der Waals surface area contributed by atoms with Crippen molar-refractivity contribution in [3.8, 4) is 22.6 Å². The van der Waals surface area contributed by atoms with Crippen LogP contribution in [-0.4, -0.2) is 38.3 Å².